The first kappa shape index (κ1) is 30.6. The number of carbonyl (C=O) groups is 1. The number of ether oxygens (including phenoxy) is 1. The third-order valence-corrected chi connectivity index (χ3v) is 10.2. The number of amides is 2. The van der Waals surface area contributed by atoms with Crippen molar-refractivity contribution >= 4 is 21.4 Å². The first-order valence-corrected chi connectivity index (χ1v) is 17.8. The number of likely N-dealkylation sites (tertiary alicyclic amines) is 1. The van der Waals surface area contributed by atoms with Crippen LogP contribution in [0.25, 0.3) is 11.1 Å². The smallest absolute Gasteiger partial charge is 0.320 e. The standard InChI is InChI=1S/C34H42N4O5S/c1-44(2,42)35-29-22-37(31(39)21-28(29)26-11-5-3-6-12-26)25-34(41)17-18-36(24-33(34)15-9-10-16-33)32(40)38-19-20-43-23-30(38)27-13-7-4-8-14-27/h3-8,11-14,21-22,30,41H,9-10,15-20,23-25H2,1-2H3/t30-,34?/m0/s1. The molecule has 1 spiro atoms. The molecule has 6 rings (SSSR count). The van der Waals surface area contributed by atoms with Crippen LogP contribution in [0.1, 0.15) is 43.7 Å². The molecule has 1 N–H and O–H groups in total. The van der Waals surface area contributed by atoms with Crippen LogP contribution < -0.4 is 5.56 Å². The lowest BCUT2D eigenvalue weighted by Crippen LogP contribution is -2.64. The van der Waals surface area contributed by atoms with Gasteiger partial charge in [0.05, 0.1) is 37.1 Å². The molecule has 1 aromatic heterocycles. The van der Waals surface area contributed by atoms with Gasteiger partial charge in [-0.05, 0) is 30.4 Å². The van der Waals surface area contributed by atoms with E-state index in [0.717, 1.165) is 36.8 Å². The van der Waals surface area contributed by atoms with Gasteiger partial charge in [0.15, 0.2) is 0 Å². The number of aliphatic hydroxyl groups is 1. The number of carbonyl (C=O) groups excluding carboxylic acids is 1. The van der Waals surface area contributed by atoms with Crippen molar-refractivity contribution < 1.29 is 18.8 Å². The summed E-state index contributed by atoms with van der Waals surface area (Å²) >= 11 is 0. The SMILES string of the molecule is CS(C)(=O)=Nc1cn(CC2(O)CCN(C(=O)N3CCOC[C@H]3c3ccccc3)CC23CCCC3)c(=O)cc1-c1ccccc1. The van der Waals surface area contributed by atoms with Crippen LogP contribution in [0.3, 0.4) is 0 Å². The Morgan fingerprint density at radius 2 is 1.70 bits per heavy atom. The van der Waals surface area contributed by atoms with E-state index in [9.17, 15) is 18.9 Å². The van der Waals surface area contributed by atoms with Crippen molar-refractivity contribution in [2.45, 2.75) is 50.3 Å². The van der Waals surface area contributed by atoms with Crippen molar-refractivity contribution in [2.75, 3.05) is 45.4 Å². The Hall–Kier alpha value is -3.47. The van der Waals surface area contributed by atoms with E-state index in [1.807, 2.05) is 70.5 Å². The number of hydrogen-bond acceptors (Lipinski definition) is 6. The van der Waals surface area contributed by atoms with Gasteiger partial charge in [0.2, 0.25) is 0 Å². The van der Waals surface area contributed by atoms with Gasteiger partial charge in [-0.25, -0.2) is 9.00 Å². The number of rotatable bonds is 5. The molecule has 2 saturated heterocycles. The molecule has 2 aromatic carbocycles. The molecular weight excluding hydrogens is 576 g/mol. The summed E-state index contributed by atoms with van der Waals surface area (Å²) in [5, 5.41) is 12.4. The fraction of sp³-hybridized carbons (Fsp3) is 0.471. The number of nitrogens with zero attached hydrogens (tertiary/aromatic N) is 4. The lowest BCUT2D eigenvalue weighted by molar-refractivity contribution is -0.137. The zero-order valence-electron chi connectivity index (χ0n) is 25.6. The number of aromatic nitrogens is 1. The lowest BCUT2D eigenvalue weighted by atomic mass is 9.66. The van der Waals surface area contributed by atoms with Gasteiger partial charge >= 0.3 is 6.03 Å². The van der Waals surface area contributed by atoms with Crippen molar-refractivity contribution in [3.8, 4) is 11.1 Å². The monoisotopic (exact) mass is 618 g/mol. The minimum Gasteiger partial charge on any atom is -0.387 e. The maximum absolute atomic E-state index is 14.1. The van der Waals surface area contributed by atoms with Crippen LogP contribution in [0.2, 0.25) is 0 Å². The number of urea groups is 1. The van der Waals surface area contributed by atoms with Crippen LogP contribution in [0.4, 0.5) is 10.5 Å². The molecule has 0 bridgehead atoms. The zero-order chi connectivity index (χ0) is 31.0. The average molecular weight is 619 g/mol. The van der Waals surface area contributed by atoms with Gasteiger partial charge in [-0.15, -0.1) is 0 Å². The molecule has 2 aliphatic heterocycles. The quantitative estimate of drug-likeness (QED) is 0.430. The van der Waals surface area contributed by atoms with Crippen LogP contribution in [0, 0.1) is 5.41 Å². The maximum Gasteiger partial charge on any atom is 0.320 e. The van der Waals surface area contributed by atoms with Gasteiger partial charge < -0.3 is 24.2 Å². The molecule has 3 aliphatic rings. The summed E-state index contributed by atoms with van der Waals surface area (Å²) in [6.45, 7) is 2.38. The second-order valence-electron chi connectivity index (χ2n) is 12.8. The molecule has 44 heavy (non-hydrogen) atoms. The number of pyridine rings is 1. The molecule has 2 atom stereocenters. The predicted molar refractivity (Wildman–Crippen MR) is 172 cm³/mol. The largest absolute Gasteiger partial charge is 0.387 e. The first-order valence-electron chi connectivity index (χ1n) is 15.5. The molecule has 1 aliphatic carbocycles. The van der Waals surface area contributed by atoms with Gasteiger partial charge in [-0.1, -0.05) is 73.5 Å². The van der Waals surface area contributed by atoms with Crippen molar-refractivity contribution in [3.05, 3.63) is 88.8 Å². The second kappa shape index (κ2) is 12.1. The fourth-order valence-corrected chi connectivity index (χ4v) is 7.97. The average Bonchev–Trinajstić information content (AvgIpc) is 3.50. The van der Waals surface area contributed by atoms with Gasteiger partial charge in [-0.3, -0.25) is 4.79 Å². The fourth-order valence-electron chi connectivity index (χ4n) is 7.35. The predicted octanol–water partition coefficient (Wildman–Crippen LogP) is 5.07. The number of piperidine rings is 1. The Kier molecular flexibility index (Phi) is 8.43. The van der Waals surface area contributed by atoms with Crippen molar-refractivity contribution in [1.82, 2.24) is 14.4 Å². The van der Waals surface area contributed by atoms with Crippen LogP contribution in [-0.4, -0.2) is 80.7 Å². The Morgan fingerprint density at radius 3 is 2.39 bits per heavy atom. The number of benzene rings is 2. The summed E-state index contributed by atoms with van der Waals surface area (Å²) in [5.41, 5.74) is 0.959. The van der Waals surface area contributed by atoms with Gasteiger partial charge in [0.25, 0.3) is 5.56 Å². The normalized spacial score (nSPS) is 23.6. The van der Waals surface area contributed by atoms with E-state index in [2.05, 4.69) is 4.36 Å². The van der Waals surface area contributed by atoms with Crippen LogP contribution in [0.5, 0.6) is 0 Å². The van der Waals surface area contributed by atoms with Crippen molar-refractivity contribution in [1.29, 1.82) is 0 Å². The van der Waals surface area contributed by atoms with Crippen molar-refractivity contribution in [3.63, 3.8) is 0 Å². The molecule has 1 unspecified atom stereocenters. The highest BCUT2D eigenvalue weighted by atomic mass is 32.2. The van der Waals surface area contributed by atoms with Gasteiger partial charge in [-0.2, -0.15) is 4.36 Å². The highest BCUT2D eigenvalue weighted by Crippen LogP contribution is 2.52. The molecule has 3 aromatic rings. The molecule has 0 radical (unpaired) electrons. The lowest BCUT2D eigenvalue weighted by Gasteiger charge is -2.53. The van der Waals surface area contributed by atoms with Gasteiger partial charge in [0.1, 0.15) is 0 Å². The molecule has 2 amide bonds. The molecule has 234 valence electrons. The van der Waals surface area contributed by atoms with Crippen LogP contribution >= 0.6 is 0 Å². The number of hydrogen-bond donors (Lipinski definition) is 1. The summed E-state index contributed by atoms with van der Waals surface area (Å²) in [4.78, 5) is 31.5. The molecular formula is C34H42N4O5S. The van der Waals surface area contributed by atoms with Crippen molar-refractivity contribution in [2.24, 2.45) is 9.78 Å². The topological polar surface area (TPSA) is 104 Å². The summed E-state index contributed by atoms with van der Waals surface area (Å²) in [7, 11) is -2.52. The van der Waals surface area contributed by atoms with E-state index in [4.69, 9.17) is 4.74 Å². The second-order valence-corrected chi connectivity index (χ2v) is 15.4. The summed E-state index contributed by atoms with van der Waals surface area (Å²) in [6, 6.07) is 20.8. The van der Waals surface area contributed by atoms with E-state index in [1.54, 1.807) is 18.7 Å². The summed E-state index contributed by atoms with van der Waals surface area (Å²) in [5.74, 6) is 0. The van der Waals surface area contributed by atoms with E-state index in [1.165, 1.54) is 10.6 Å². The van der Waals surface area contributed by atoms with Crippen LogP contribution in [0.15, 0.2) is 82.1 Å². The minimum absolute atomic E-state index is 0.0263. The van der Waals surface area contributed by atoms with Gasteiger partial charge in [0, 0.05) is 65.1 Å². The highest BCUT2D eigenvalue weighted by Gasteiger charge is 2.56. The summed E-state index contributed by atoms with van der Waals surface area (Å²) < 4.78 is 24.6. The Balaban J connectivity index is 1.30. The molecule has 10 heteroatoms. The Morgan fingerprint density at radius 1 is 1.02 bits per heavy atom. The first-order chi connectivity index (χ1) is 21.1. The zero-order valence-corrected chi connectivity index (χ0v) is 26.4. The number of morpholine rings is 1. The summed E-state index contributed by atoms with van der Waals surface area (Å²) in [6.07, 6.45) is 8.64. The van der Waals surface area contributed by atoms with E-state index in [-0.39, 0.29) is 24.2 Å². The maximum atomic E-state index is 14.1. The van der Waals surface area contributed by atoms with E-state index < -0.39 is 20.7 Å². The molecule has 3 fully saturated rings. The van der Waals surface area contributed by atoms with E-state index >= 15 is 0 Å². The Labute approximate surface area is 259 Å². The minimum atomic E-state index is -2.52. The third kappa shape index (κ3) is 6.07. The van der Waals surface area contributed by atoms with E-state index in [0.29, 0.717) is 50.5 Å². The Bertz CT molecular complexity index is 1670. The molecule has 1 saturated carbocycles. The molecule has 9 nitrogen and oxygen atoms in total. The highest BCUT2D eigenvalue weighted by molar-refractivity contribution is 7.92. The third-order valence-electron chi connectivity index (χ3n) is 9.61. The molecule has 3 heterocycles. The van der Waals surface area contributed by atoms with Crippen LogP contribution in [-0.2, 0) is 21.0 Å².